The van der Waals surface area contributed by atoms with Gasteiger partial charge in [-0.3, -0.25) is 0 Å². The molecule has 0 saturated carbocycles. The lowest BCUT2D eigenvalue weighted by atomic mass is 10.2. The summed E-state index contributed by atoms with van der Waals surface area (Å²) >= 11 is 0. The first-order valence-electron chi connectivity index (χ1n) is 6.94. The molecule has 0 aliphatic carbocycles. The van der Waals surface area contributed by atoms with Gasteiger partial charge >= 0.3 is 6.09 Å². The van der Waals surface area contributed by atoms with E-state index in [-0.39, 0.29) is 12.1 Å². The Balaban J connectivity index is 1.84. The molecule has 108 valence electrons. The van der Waals surface area contributed by atoms with E-state index >= 15 is 0 Å². The number of carbonyl (C=O) groups excluding carboxylic acids is 1. The molecule has 1 atom stereocenters. The van der Waals surface area contributed by atoms with Crippen molar-refractivity contribution < 1.29 is 14.3 Å². The van der Waals surface area contributed by atoms with E-state index < -0.39 is 0 Å². The highest BCUT2D eigenvalue weighted by Crippen LogP contribution is 2.19. The van der Waals surface area contributed by atoms with Crippen LogP contribution >= 0.6 is 0 Å². The molecule has 1 aliphatic rings. The summed E-state index contributed by atoms with van der Waals surface area (Å²) < 4.78 is 10.4. The lowest BCUT2D eigenvalue weighted by molar-refractivity contribution is 0.0974. The molecule has 2 rings (SSSR count). The molecule has 0 unspecified atom stereocenters. The van der Waals surface area contributed by atoms with E-state index in [1.807, 2.05) is 42.5 Å². The maximum absolute atomic E-state index is 12.1. The first kappa shape index (κ1) is 14.6. The lowest BCUT2D eigenvalue weighted by Gasteiger charge is -2.21. The Morgan fingerprint density at radius 1 is 1.40 bits per heavy atom. The van der Waals surface area contributed by atoms with Crippen LogP contribution in [0.5, 0.6) is 0 Å². The molecular weight excluding hydrogens is 254 g/mol. The number of likely N-dealkylation sites (tertiary alicyclic amines) is 1. The summed E-state index contributed by atoms with van der Waals surface area (Å²) in [5.41, 5.74) is 1.01. The average Bonchev–Trinajstić information content (AvgIpc) is 2.95. The zero-order valence-corrected chi connectivity index (χ0v) is 11.8. The molecule has 1 fully saturated rings. The van der Waals surface area contributed by atoms with E-state index in [1.165, 1.54) is 0 Å². The summed E-state index contributed by atoms with van der Waals surface area (Å²) in [5, 5.41) is 0. The molecule has 1 saturated heterocycles. The number of hydrogen-bond donors (Lipinski definition) is 0. The van der Waals surface area contributed by atoms with Crippen molar-refractivity contribution in [2.45, 2.75) is 25.5 Å². The van der Waals surface area contributed by atoms with Gasteiger partial charge in [0, 0.05) is 13.7 Å². The summed E-state index contributed by atoms with van der Waals surface area (Å²) in [7, 11) is 1.66. The highest BCUT2D eigenvalue weighted by molar-refractivity contribution is 5.68. The van der Waals surface area contributed by atoms with Crippen molar-refractivity contribution in [2.75, 3.05) is 20.3 Å². The van der Waals surface area contributed by atoms with Crippen LogP contribution in [0.2, 0.25) is 0 Å². The van der Waals surface area contributed by atoms with Crippen molar-refractivity contribution in [1.29, 1.82) is 0 Å². The molecule has 0 radical (unpaired) electrons. The van der Waals surface area contributed by atoms with E-state index in [4.69, 9.17) is 9.47 Å². The number of rotatable bonds is 5. The first-order chi connectivity index (χ1) is 9.81. The van der Waals surface area contributed by atoms with Gasteiger partial charge in [0.15, 0.2) is 0 Å². The SMILES string of the molecule is COC/C=C/[C@@H]1CCCN1C(=O)OCc1ccccc1. The van der Waals surface area contributed by atoms with Gasteiger partial charge in [-0.05, 0) is 18.4 Å². The maximum Gasteiger partial charge on any atom is 0.410 e. The normalized spacial score (nSPS) is 18.6. The van der Waals surface area contributed by atoms with Crippen LogP contribution in [-0.4, -0.2) is 37.3 Å². The predicted molar refractivity (Wildman–Crippen MR) is 77.4 cm³/mol. The minimum Gasteiger partial charge on any atom is -0.445 e. The van der Waals surface area contributed by atoms with E-state index in [0.717, 1.165) is 24.9 Å². The number of methoxy groups -OCH3 is 1. The Labute approximate surface area is 120 Å². The number of benzene rings is 1. The molecule has 20 heavy (non-hydrogen) atoms. The molecule has 4 heteroatoms. The maximum atomic E-state index is 12.1. The Bertz CT molecular complexity index is 444. The number of hydrogen-bond acceptors (Lipinski definition) is 3. The third-order valence-corrected chi connectivity index (χ3v) is 3.36. The molecule has 0 spiro atoms. The zero-order valence-electron chi connectivity index (χ0n) is 11.8. The van der Waals surface area contributed by atoms with Crippen molar-refractivity contribution in [2.24, 2.45) is 0 Å². The Morgan fingerprint density at radius 3 is 2.95 bits per heavy atom. The third kappa shape index (κ3) is 4.10. The van der Waals surface area contributed by atoms with Crippen molar-refractivity contribution in [3.63, 3.8) is 0 Å². The molecule has 1 aromatic carbocycles. The van der Waals surface area contributed by atoms with Crippen LogP contribution in [0.1, 0.15) is 18.4 Å². The Kier molecular flexibility index (Phi) is 5.62. The Morgan fingerprint density at radius 2 is 2.20 bits per heavy atom. The van der Waals surface area contributed by atoms with Crippen LogP contribution in [0.25, 0.3) is 0 Å². The standard InChI is InChI=1S/C16H21NO3/c1-19-12-6-10-15-9-5-11-17(15)16(18)20-13-14-7-3-2-4-8-14/h2-4,6-8,10,15H,5,9,11-13H2,1H3/b10-6+/t15-/m0/s1. The molecule has 0 N–H and O–H groups in total. The minimum atomic E-state index is -0.238. The van der Waals surface area contributed by atoms with E-state index in [2.05, 4.69) is 0 Å². The summed E-state index contributed by atoms with van der Waals surface area (Å²) in [6, 6.07) is 9.86. The summed E-state index contributed by atoms with van der Waals surface area (Å²) in [5.74, 6) is 0. The van der Waals surface area contributed by atoms with Gasteiger partial charge in [0.25, 0.3) is 0 Å². The van der Waals surface area contributed by atoms with Gasteiger partial charge in [0.05, 0.1) is 12.6 Å². The van der Waals surface area contributed by atoms with Gasteiger partial charge in [0.2, 0.25) is 0 Å². The second-order valence-electron chi connectivity index (χ2n) is 4.83. The minimum absolute atomic E-state index is 0.133. The predicted octanol–water partition coefficient (Wildman–Crippen LogP) is 2.99. The summed E-state index contributed by atoms with van der Waals surface area (Å²) in [6.45, 7) is 1.66. The average molecular weight is 275 g/mol. The van der Waals surface area contributed by atoms with Crippen molar-refractivity contribution in [3.05, 3.63) is 48.0 Å². The molecule has 1 heterocycles. The summed E-state index contributed by atoms with van der Waals surface area (Å²) in [6.07, 6.45) is 5.75. The number of nitrogens with zero attached hydrogens (tertiary/aromatic N) is 1. The lowest BCUT2D eigenvalue weighted by Crippen LogP contribution is -2.34. The second kappa shape index (κ2) is 7.70. The Hall–Kier alpha value is -1.81. The molecule has 1 aliphatic heterocycles. The fourth-order valence-corrected chi connectivity index (χ4v) is 2.33. The molecule has 1 amide bonds. The van der Waals surface area contributed by atoms with Gasteiger partial charge in [-0.25, -0.2) is 4.79 Å². The quantitative estimate of drug-likeness (QED) is 0.775. The van der Waals surface area contributed by atoms with Crippen molar-refractivity contribution in [1.82, 2.24) is 4.90 Å². The topological polar surface area (TPSA) is 38.8 Å². The molecule has 0 bridgehead atoms. The molecular formula is C16H21NO3. The van der Waals surface area contributed by atoms with Gasteiger partial charge in [-0.1, -0.05) is 42.5 Å². The highest BCUT2D eigenvalue weighted by Gasteiger charge is 2.27. The zero-order chi connectivity index (χ0) is 14.2. The molecule has 1 aromatic rings. The molecule has 0 aromatic heterocycles. The van der Waals surface area contributed by atoms with Gasteiger partial charge < -0.3 is 14.4 Å². The monoisotopic (exact) mass is 275 g/mol. The highest BCUT2D eigenvalue weighted by atomic mass is 16.6. The van der Waals surface area contributed by atoms with E-state index in [9.17, 15) is 4.79 Å². The van der Waals surface area contributed by atoms with Crippen molar-refractivity contribution >= 4 is 6.09 Å². The number of ether oxygens (including phenoxy) is 2. The van der Waals surface area contributed by atoms with E-state index in [0.29, 0.717) is 13.2 Å². The molecule has 4 nitrogen and oxygen atoms in total. The van der Waals surface area contributed by atoms with Gasteiger partial charge in [-0.15, -0.1) is 0 Å². The fourth-order valence-electron chi connectivity index (χ4n) is 2.33. The van der Waals surface area contributed by atoms with Crippen LogP contribution in [0.3, 0.4) is 0 Å². The number of carbonyl (C=O) groups is 1. The van der Waals surface area contributed by atoms with Crippen molar-refractivity contribution in [3.8, 4) is 0 Å². The van der Waals surface area contributed by atoms with Crippen LogP contribution < -0.4 is 0 Å². The number of amides is 1. The third-order valence-electron chi connectivity index (χ3n) is 3.36. The van der Waals surface area contributed by atoms with Crippen LogP contribution in [0.15, 0.2) is 42.5 Å². The fraction of sp³-hybridized carbons (Fsp3) is 0.438. The van der Waals surface area contributed by atoms with Crippen LogP contribution in [0, 0.1) is 0 Å². The smallest absolute Gasteiger partial charge is 0.410 e. The summed E-state index contributed by atoms with van der Waals surface area (Å²) in [4.78, 5) is 13.9. The second-order valence-corrected chi connectivity index (χ2v) is 4.83. The first-order valence-corrected chi connectivity index (χ1v) is 6.94. The van der Waals surface area contributed by atoms with E-state index in [1.54, 1.807) is 12.0 Å². The van der Waals surface area contributed by atoms with Gasteiger partial charge in [-0.2, -0.15) is 0 Å². The van der Waals surface area contributed by atoms with Crippen LogP contribution in [-0.2, 0) is 16.1 Å². The largest absolute Gasteiger partial charge is 0.445 e. The van der Waals surface area contributed by atoms with Gasteiger partial charge in [0.1, 0.15) is 6.61 Å². The van der Waals surface area contributed by atoms with Crippen LogP contribution in [0.4, 0.5) is 4.79 Å².